The molecule has 1 aliphatic carbocycles. The van der Waals surface area contributed by atoms with Crippen molar-refractivity contribution in [3.63, 3.8) is 0 Å². The molecule has 3 aromatic heterocycles. The van der Waals surface area contributed by atoms with E-state index in [1.807, 2.05) is 22.0 Å². The number of pyridine rings is 1. The number of aromatic nitrogens is 5. The van der Waals surface area contributed by atoms with Crippen molar-refractivity contribution in [3.05, 3.63) is 42.6 Å². The molecule has 1 amide bonds. The first-order valence-corrected chi connectivity index (χ1v) is 17.6. The average molecular weight is 706 g/mol. The zero-order valence-corrected chi connectivity index (χ0v) is 25.2. The fraction of sp³-hybridized carbons (Fsp3) is 0.304. The maximum atomic E-state index is 13.9. The summed E-state index contributed by atoms with van der Waals surface area (Å²) in [5.74, 6) is -1.86. The molecule has 5 rings (SSSR count). The molecule has 0 bridgehead atoms. The van der Waals surface area contributed by atoms with E-state index in [4.69, 9.17) is 0 Å². The second-order valence-electron chi connectivity index (χ2n) is 9.24. The lowest BCUT2D eigenvalue weighted by molar-refractivity contribution is -0.117. The van der Waals surface area contributed by atoms with Gasteiger partial charge in [-0.05, 0) is 40.6 Å². The van der Waals surface area contributed by atoms with Gasteiger partial charge in [-0.25, -0.2) is 36.5 Å². The zero-order valence-electron chi connectivity index (χ0n) is 21.2. The van der Waals surface area contributed by atoms with Gasteiger partial charge in [-0.2, -0.15) is 0 Å². The number of nitrogens with one attached hydrogen (secondary N) is 2. The highest BCUT2D eigenvalue weighted by Gasteiger charge is 2.43. The van der Waals surface area contributed by atoms with Gasteiger partial charge < -0.3 is 15.2 Å². The first-order chi connectivity index (χ1) is 18.9. The van der Waals surface area contributed by atoms with Gasteiger partial charge in [0.25, 0.3) is 6.43 Å². The number of carbonyl (C=O) groups is 1. The molecule has 0 saturated heterocycles. The van der Waals surface area contributed by atoms with Crippen LogP contribution in [0.2, 0.25) is 0 Å². The zero-order chi connectivity index (χ0) is 28.9. The fourth-order valence-electron chi connectivity index (χ4n) is 4.12. The largest absolute Gasteiger partial charge is 0.352 e. The molecule has 1 saturated carbocycles. The molecule has 0 aliphatic heterocycles. The Labute approximate surface area is 241 Å². The third-order valence-corrected chi connectivity index (χ3v) is 9.69. The molecule has 3 heterocycles. The smallest absolute Gasteiger partial charge is 0.295 e. The van der Waals surface area contributed by atoms with E-state index in [-0.39, 0.29) is 41.2 Å². The van der Waals surface area contributed by atoms with E-state index < -0.39 is 40.3 Å². The van der Waals surface area contributed by atoms with Crippen molar-refractivity contribution in [2.45, 2.75) is 19.0 Å². The van der Waals surface area contributed by atoms with Gasteiger partial charge in [0.1, 0.15) is 17.5 Å². The van der Waals surface area contributed by atoms with Crippen LogP contribution in [0.5, 0.6) is 0 Å². The summed E-state index contributed by atoms with van der Waals surface area (Å²) in [6.45, 7) is 0. The number of carbonyl (C=O) groups excluding carboxylic acids is 1. The van der Waals surface area contributed by atoms with Gasteiger partial charge in [0, 0.05) is 25.7 Å². The molecule has 1 unspecified atom stereocenters. The van der Waals surface area contributed by atoms with E-state index in [1.54, 1.807) is 42.3 Å². The molecule has 1 aromatic carbocycles. The van der Waals surface area contributed by atoms with E-state index in [2.05, 4.69) is 25.6 Å². The van der Waals surface area contributed by atoms with E-state index in [0.717, 1.165) is 16.3 Å². The van der Waals surface area contributed by atoms with Crippen LogP contribution in [0.1, 0.15) is 18.7 Å². The summed E-state index contributed by atoms with van der Waals surface area (Å²) in [4.78, 5) is 25.0. The van der Waals surface area contributed by atoms with Crippen LogP contribution in [0.4, 0.5) is 36.1 Å². The summed E-state index contributed by atoms with van der Waals surface area (Å²) in [6.07, 6.45) is 0.0926. The molecule has 40 heavy (non-hydrogen) atoms. The summed E-state index contributed by atoms with van der Waals surface area (Å²) in [5, 5.41) is 5.68. The lowest BCUT2D eigenvalue weighted by Crippen LogP contribution is -2.25. The van der Waals surface area contributed by atoms with Gasteiger partial charge in [-0.15, -0.1) is 0 Å². The molecular formula is C23H23F3IN8O3PS. The van der Waals surface area contributed by atoms with Gasteiger partial charge >= 0.3 is 0 Å². The molecule has 212 valence electrons. The lowest BCUT2D eigenvalue weighted by Gasteiger charge is -2.22. The average Bonchev–Trinajstić information content (AvgIpc) is 3.28. The predicted molar refractivity (Wildman–Crippen MR) is 157 cm³/mol. The van der Waals surface area contributed by atoms with Gasteiger partial charge in [0.05, 0.1) is 53.8 Å². The first kappa shape index (κ1) is 28.5. The minimum Gasteiger partial charge on any atom is -0.352 e. The highest BCUT2D eigenvalue weighted by Crippen LogP contribution is 2.41. The summed E-state index contributed by atoms with van der Waals surface area (Å²) in [6, 6.07) is 6.46. The minimum atomic E-state index is -3.71. The summed E-state index contributed by atoms with van der Waals surface area (Å²) < 4.78 is 70.4. The molecule has 3 atom stereocenters. The van der Waals surface area contributed by atoms with Crippen LogP contribution in [0.3, 0.4) is 0 Å². The topological polar surface area (TPSA) is 127 Å². The summed E-state index contributed by atoms with van der Waals surface area (Å²) >= 11 is 1.93. The number of benzene rings is 1. The SMILES string of the molecule is CN(c1cc(-c2cncn2C)ccc1Nc1cc(NC(=O)[C@@H]2C[C@@H]2F)nc2c1nc(C(F)F)n2PI)S(C)(=O)=O. The Hall–Kier alpha value is -2.98. The number of sulfonamides is 1. The number of imidazole rings is 2. The number of hydrogen-bond donors (Lipinski definition) is 2. The summed E-state index contributed by atoms with van der Waals surface area (Å²) in [7, 11) is -0.521. The van der Waals surface area contributed by atoms with Gasteiger partial charge in [-0.1, -0.05) is 6.07 Å². The Balaban J connectivity index is 1.65. The Kier molecular flexibility index (Phi) is 7.69. The minimum absolute atomic E-state index is 0.0141. The van der Waals surface area contributed by atoms with Crippen LogP contribution in [0, 0.1) is 5.92 Å². The summed E-state index contributed by atoms with van der Waals surface area (Å²) in [5.41, 5.74) is 2.38. The Morgan fingerprint density at radius 1 is 1.25 bits per heavy atom. The van der Waals surface area contributed by atoms with Gasteiger partial charge in [-0.3, -0.25) is 13.4 Å². The number of anilines is 4. The Morgan fingerprint density at radius 3 is 2.55 bits per heavy atom. The van der Waals surface area contributed by atoms with Crippen molar-refractivity contribution >= 4 is 78.4 Å². The number of nitrogens with zero attached hydrogens (tertiary/aromatic N) is 6. The first-order valence-electron chi connectivity index (χ1n) is 11.7. The van der Waals surface area contributed by atoms with Crippen molar-refractivity contribution in [3.8, 4) is 11.3 Å². The van der Waals surface area contributed by atoms with E-state index >= 15 is 0 Å². The second kappa shape index (κ2) is 10.8. The number of hydrogen-bond acceptors (Lipinski definition) is 7. The molecule has 2 N–H and O–H groups in total. The van der Waals surface area contributed by atoms with Gasteiger partial charge in [0.2, 0.25) is 15.9 Å². The van der Waals surface area contributed by atoms with E-state index in [9.17, 15) is 26.4 Å². The number of amides is 1. The number of rotatable bonds is 9. The molecule has 17 heteroatoms. The highest BCUT2D eigenvalue weighted by atomic mass is 127. The second-order valence-corrected chi connectivity index (χ2v) is 13.3. The number of halogens is 4. The van der Waals surface area contributed by atoms with Crippen LogP contribution < -0.4 is 14.9 Å². The third-order valence-electron chi connectivity index (χ3n) is 6.44. The molecule has 4 aromatic rings. The van der Waals surface area contributed by atoms with Crippen molar-refractivity contribution in [1.29, 1.82) is 0 Å². The lowest BCUT2D eigenvalue weighted by atomic mass is 10.1. The normalized spacial score (nSPS) is 17.2. The maximum Gasteiger partial charge on any atom is 0.295 e. The standard InChI is InChI=1S/C23H23F3IN8O3PS/c1-33-10-28-9-17(33)11-4-5-14(16(6-11)34(2)40(3,37)38)29-15-8-18(31-23(36)12-7-13(12)24)30-21-19(15)32-22(20(25)26)35(21)39-27/h4-6,8-10,12-13,20,39H,7H2,1-3H3,(H2,29,30,31,36)/t12-,13+/m1/s1. The van der Waals surface area contributed by atoms with Crippen LogP contribution >= 0.6 is 28.4 Å². The van der Waals surface area contributed by atoms with Crippen molar-refractivity contribution < 1.29 is 26.4 Å². The predicted octanol–water partition coefficient (Wildman–Crippen LogP) is 5.00. The van der Waals surface area contributed by atoms with Crippen LogP contribution in [0.15, 0.2) is 36.8 Å². The molecule has 0 radical (unpaired) electrons. The highest BCUT2D eigenvalue weighted by molar-refractivity contribution is 14.2. The maximum absolute atomic E-state index is 13.9. The fourth-order valence-corrected chi connectivity index (χ4v) is 6.53. The molecule has 1 fully saturated rings. The number of alkyl halides is 3. The van der Waals surface area contributed by atoms with Crippen molar-refractivity contribution in [2.75, 3.05) is 28.2 Å². The van der Waals surface area contributed by atoms with Crippen LogP contribution in [0.25, 0.3) is 22.4 Å². The Bertz CT molecular complexity index is 1730. The number of aryl methyl sites for hydroxylation is 1. The molecule has 0 spiro atoms. The van der Waals surface area contributed by atoms with Crippen LogP contribution in [-0.4, -0.2) is 57.7 Å². The van der Waals surface area contributed by atoms with E-state index in [0.29, 0.717) is 11.3 Å². The van der Waals surface area contributed by atoms with Crippen molar-refractivity contribution in [1.82, 2.24) is 23.9 Å². The number of fused-ring (bicyclic) bond motifs is 1. The monoisotopic (exact) mass is 706 g/mol. The van der Waals surface area contributed by atoms with Crippen LogP contribution in [-0.2, 0) is 21.9 Å². The molecule has 11 nitrogen and oxygen atoms in total. The third kappa shape index (κ3) is 5.48. The van der Waals surface area contributed by atoms with Gasteiger partial charge in [0.15, 0.2) is 11.5 Å². The molecular weight excluding hydrogens is 683 g/mol. The molecule has 1 aliphatic rings. The van der Waals surface area contributed by atoms with Crippen molar-refractivity contribution in [2.24, 2.45) is 13.0 Å². The Morgan fingerprint density at radius 2 is 1.98 bits per heavy atom. The van der Waals surface area contributed by atoms with E-state index in [1.165, 1.54) is 17.5 Å². The quantitative estimate of drug-likeness (QED) is 0.186.